The van der Waals surface area contributed by atoms with E-state index in [9.17, 15) is 0 Å². The van der Waals surface area contributed by atoms with Crippen LogP contribution in [-0.4, -0.2) is 45.1 Å². The molecule has 19 heavy (non-hydrogen) atoms. The molecule has 1 aromatic rings. The molecule has 2 rings (SSSR count). The van der Waals surface area contributed by atoms with Gasteiger partial charge in [0.1, 0.15) is 5.75 Å². The summed E-state index contributed by atoms with van der Waals surface area (Å²) in [5.41, 5.74) is 0. The summed E-state index contributed by atoms with van der Waals surface area (Å²) in [5.74, 6) is 0.913. The zero-order valence-electron chi connectivity index (χ0n) is 11.5. The number of benzene rings is 1. The van der Waals surface area contributed by atoms with Crippen LogP contribution >= 0.6 is 0 Å². The van der Waals surface area contributed by atoms with Crippen LogP contribution in [0.3, 0.4) is 0 Å². The van der Waals surface area contributed by atoms with E-state index in [1.807, 2.05) is 30.3 Å². The first-order valence-electron chi connectivity index (χ1n) is 6.96. The van der Waals surface area contributed by atoms with Gasteiger partial charge in [-0.15, -0.1) is 0 Å². The molecule has 0 saturated carbocycles. The van der Waals surface area contributed by atoms with Crippen molar-refractivity contribution >= 4 is 0 Å². The molecule has 2 unspecified atom stereocenters. The second-order valence-electron chi connectivity index (χ2n) is 4.82. The minimum atomic E-state index is 0.179. The first-order chi connectivity index (χ1) is 9.34. The lowest BCUT2D eigenvalue weighted by Gasteiger charge is -2.28. The number of ether oxygens (including phenoxy) is 3. The van der Waals surface area contributed by atoms with Crippen LogP contribution in [-0.2, 0) is 9.47 Å². The molecule has 2 atom stereocenters. The fourth-order valence-corrected chi connectivity index (χ4v) is 2.05. The third-order valence-electron chi connectivity index (χ3n) is 2.98. The van der Waals surface area contributed by atoms with Crippen molar-refractivity contribution in [1.82, 2.24) is 5.32 Å². The number of rotatable bonds is 7. The van der Waals surface area contributed by atoms with Gasteiger partial charge >= 0.3 is 0 Å². The van der Waals surface area contributed by atoms with Crippen molar-refractivity contribution in [2.24, 2.45) is 0 Å². The molecule has 4 heteroatoms. The van der Waals surface area contributed by atoms with Gasteiger partial charge in [-0.3, -0.25) is 0 Å². The molecule has 0 bridgehead atoms. The summed E-state index contributed by atoms with van der Waals surface area (Å²) in [6, 6.07) is 9.85. The average Bonchev–Trinajstić information content (AvgIpc) is 2.44. The minimum absolute atomic E-state index is 0.179. The minimum Gasteiger partial charge on any atom is -0.494 e. The third kappa shape index (κ3) is 5.59. The lowest BCUT2D eigenvalue weighted by Crippen LogP contribution is -2.45. The van der Waals surface area contributed by atoms with Crippen LogP contribution in [0.1, 0.15) is 13.3 Å². The summed E-state index contributed by atoms with van der Waals surface area (Å²) in [5, 5.41) is 3.33. The molecule has 1 aliphatic rings. The summed E-state index contributed by atoms with van der Waals surface area (Å²) in [6.45, 7) is 5.94. The van der Waals surface area contributed by atoms with Gasteiger partial charge in [-0.1, -0.05) is 18.2 Å². The van der Waals surface area contributed by atoms with Crippen molar-refractivity contribution in [3.05, 3.63) is 30.3 Å². The zero-order valence-corrected chi connectivity index (χ0v) is 11.5. The Hall–Kier alpha value is -1.10. The highest BCUT2D eigenvalue weighted by Gasteiger charge is 2.18. The molecule has 0 spiro atoms. The molecular weight excluding hydrogens is 242 g/mol. The average molecular weight is 265 g/mol. The van der Waals surface area contributed by atoms with E-state index < -0.39 is 0 Å². The summed E-state index contributed by atoms with van der Waals surface area (Å²) in [6.07, 6.45) is 1.35. The standard InChI is InChI=1S/C15H23NO3/c1-13-10-16-11-15(19-13)12-17-8-5-9-18-14-6-3-2-4-7-14/h2-4,6-7,13,15-16H,5,8-12H2,1H3. The molecule has 1 saturated heterocycles. The predicted molar refractivity (Wildman–Crippen MR) is 74.6 cm³/mol. The number of para-hydroxylation sites is 1. The van der Waals surface area contributed by atoms with Crippen molar-refractivity contribution < 1.29 is 14.2 Å². The van der Waals surface area contributed by atoms with Crippen molar-refractivity contribution in [1.29, 1.82) is 0 Å². The Morgan fingerprint density at radius 1 is 1.21 bits per heavy atom. The number of nitrogens with one attached hydrogen (secondary N) is 1. The Kier molecular flexibility index (Phi) is 6.14. The molecule has 4 nitrogen and oxygen atoms in total. The molecule has 0 radical (unpaired) electrons. The molecule has 1 heterocycles. The predicted octanol–water partition coefficient (Wildman–Crippen LogP) is 1.85. The van der Waals surface area contributed by atoms with Crippen LogP contribution in [0.5, 0.6) is 5.75 Å². The Morgan fingerprint density at radius 2 is 2.05 bits per heavy atom. The van der Waals surface area contributed by atoms with Crippen molar-refractivity contribution in [2.45, 2.75) is 25.6 Å². The van der Waals surface area contributed by atoms with Gasteiger partial charge in [0.2, 0.25) is 0 Å². The van der Waals surface area contributed by atoms with E-state index in [0.717, 1.165) is 25.3 Å². The Balaban J connectivity index is 1.48. The monoisotopic (exact) mass is 265 g/mol. The largest absolute Gasteiger partial charge is 0.494 e. The second-order valence-corrected chi connectivity index (χ2v) is 4.82. The highest BCUT2D eigenvalue weighted by atomic mass is 16.5. The first-order valence-corrected chi connectivity index (χ1v) is 6.96. The molecular formula is C15H23NO3. The normalized spacial score (nSPS) is 23.2. The summed E-state index contributed by atoms with van der Waals surface area (Å²) in [7, 11) is 0. The summed E-state index contributed by atoms with van der Waals surface area (Å²) < 4.78 is 16.9. The van der Waals surface area contributed by atoms with Crippen LogP contribution < -0.4 is 10.1 Å². The van der Waals surface area contributed by atoms with Gasteiger partial charge in [-0.05, 0) is 19.1 Å². The lowest BCUT2D eigenvalue weighted by molar-refractivity contribution is -0.0693. The van der Waals surface area contributed by atoms with E-state index >= 15 is 0 Å². The van der Waals surface area contributed by atoms with Gasteiger partial charge in [0, 0.05) is 26.1 Å². The van der Waals surface area contributed by atoms with E-state index in [4.69, 9.17) is 14.2 Å². The summed E-state index contributed by atoms with van der Waals surface area (Å²) in [4.78, 5) is 0. The molecule has 1 aromatic carbocycles. The second kappa shape index (κ2) is 8.15. The number of hydrogen-bond donors (Lipinski definition) is 1. The molecule has 1 fully saturated rings. The highest BCUT2D eigenvalue weighted by Crippen LogP contribution is 2.08. The van der Waals surface area contributed by atoms with Crippen LogP contribution in [0.2, 0.25) is 0 Å². The molecule has 0 amide bonds. The maximum absolute atomic E-state index is 5.74. The summed E-state index contributed by atoms with van der Waals surface area (Å²) >= 11 is 0. The van der Waals surface area contributed by atoms with Gasteiger partial charge in [0.15, 0.2) is 0 Å². The van der Waals surface area contributed by atoms with Gasteiger partial charge in [0.05, 0.1) is 25.4 Å². The molecule has 1 N–H and O–H groups in total. The highest BCUT2D eigenvalue weighted by molar-refractivity contribution is 5.20. The molecule has 0 aromatic heterocycles. The van der Waals surface area contributed by atoms with Crippen LogP contribution in [0.25, 0.3) is 0 Å². The molecule has 106 valence electrons. The van der Waals surface area contributed by atoms with E-state index in [-0.39, 0.29) is 12.2 Å². The van der Waals surface area contributed by atoms with Crippen LogP contribution in [0.15, 0.2) is 30.3 Å². The Bertz CT molecular complexity index is 345. The van der Waals surface area contributed by atoms with E-state index in [2.05, 4.69) is 12.2 Å². The first kappa shape index (κ1) is 14.3. The van der Waals surface area contributed by atoms with Crippen molar-refractivity contribution in [2.75, 3.05) is 32.9 Å². The molecule has 1 aliphatic heterocycles. The fourth-order valence-electron chi connectivity index (χ4n) is 2.05. The quantitative estimate of drug-likeness (QED) is 0.764. The van der Waals surface area contributed by atoms with Gasteiger partial charge in [0.25, 0.3) is 0 Å². The number of morpholine rings is 1. The SMILES string of the molecule is CC1CNCC(COCCCOc2ccccc2)O1. The maximum Gasteiger partial charge on any atom is 0.119 e. The van der Waals surface area contributed by atoms with Crippen molar-refractivity contribution in [3.63, 3.8) is 0 Å². The Labute approximate surface area is 115 Å². The topological polar surface area (TPSA) is 39.7 Å². The van der Waals surface area contributed by atoms with Crippen LogP contribution in [0.4, 0.5) is 0 Å². The third-order valence-corrected chi connectivity index (χ3v) is 2.98. The van der Waals surface area contributed by atoms with Crippen molar-refractivity contribution in [3.8, 4) is 5.75 Å². The smallest absolute Gasteiger partial charge is 0.119 e. The van der Waals surface area contributed by atoms with E-state index in [1.54, 1.807) is 0 Å². The molecule has 0 aliphatic carbocycles. The van der Waals surface area contributed by atoms with Gasteiger partial charge in [-0.2, -0.15) is 0 Å². The number of hydrogen-bond acceptors (Lipinski definition) is 4. The Morgan fingerprint density at radius 3 is 2.84 bits per heavy atom. The fraction of sp³-hybridized carbons (Fsp3) is 0.600. The zero-order chi connectivity index (χ0) is 13.3. The maximum atomic E-state index is 5.74. The van der Waals surface area contributed by atoms with Crippen LogP contribution in [0, 0.1) is 0 Å². The van der Waals surface area contributed by atoms with Gasteiger partial charge < -0.3 is 19.5 Å². The van der Waals surface area contributed by atoms with Gasteiger partial charge in [-0.25, -0.2) is 0 Å². The van der Waals surface area contributed by atoms with E-state index in [1.165, 1.54) is 0 Å². The lowest BCUT2D eigenvalue weighted by atomic mass is 10.2. The van der Waals surface area contributed by atoms with E-state index in [0.29, 0.717) is 19.8 Å².